The van der Waals surface area contributed by atoms with Crippen LogP contribution in [-0.2, 0) is 0 Å². The van der Waals surface area contributed by atoms with Gasteiger partial charge in [0.25, 0.3) is 5.69 Å². The summed E-state index contributed by atoms with van der Waals surface area (Å²) in [6.45, 7) is 1.64. The van der Waals surface area contributed by atoms with Gasteiger partial charge in [-0.15, -0.1) is 0 Å². The van der Waals surface area contributed by atoms with Crippen molar-refractivity contribution in [1.29, 1.82) is 0 Å². The lowest BCUT2D eigenvalue weighted by Crippen LogP contribution is -2.03. The summed E-state index contributed by atoms with van der Waals surface area (Å²) in [5, 5.41) is 10.7. The molecule has 0 saturated carbocycles. The SMILES string of the molecule is Cc1cc([N+](=O)[O-])c(Cl)cc1C(=O)CBr. The predicted molar refractivity (Wildman–Crippen MR) is 61.0 cm³/mol. The van der Waals surface area contributed by atoms with E-state index >= 15 is 0 Å². The molecule has 0 aliphatic carbocycles. The molecule has 1 aromatic rings. The Morgan fingerprint density at radius 3 is 2.67 bits per heavy atom. The van der Waals surface area contributed by atoms with Gasteiger partial charge in [0.1, 0.15) is 5.02 Å². The van der Waals surface area contributed by atoms with E-state index in [4.69, 9.17) is 11.6 Å². The van der Waals surface area contributed by atoms with E-state index in [1.54, 1.807) is 6.92 Å². The quantitative estimate of drug-likeness (QED) is 0.372. The first kappa shape index (κ1) is 12.1. The lowest BCUT2D eigenvalue weighted by molar-refractivity contribution is -0.384. The molecular formula is C9H7BrClNO3. The van der Waals surface area contributed by atoms with Gasteiger partial charge in [-0.1, -0.05) is 27.5 Å². The van der Waals surface area contributed by atoms with Gasteiger partial charge in [-0.25, -0.2) is 0 Å². The number of hydrogen-bond acceptors (Lipinski definition) is 3. The van der Waals surface area contributed by atoms with Crippen LogP contribution in [0.25, 0.3) is 0 Å². The van der Waals surface area contributed by atoms with Crippen LogP contribution in [0.3, 0.4) is 0 Å². The van der Waals surface area contributed by atoms with Crippen molar-refractivity contribution >= 4 is 39.0 Å². The Balaban J connectivity index is 3.31. The van der Waals surface area contributed by atoms with E-state index in [-0.39, 0.29) is 21.8 Å². The van der Waals surface area contributed by atoms with E-state index in [2.05, 4.69) is 15.9 Å². The first-order valence-electron chi connectivity index (χ1n) is 4.01. The summed E-state index contributed by atoms with van der Waals surface area (Å²) in [4.78, 5) is 21.4. The minimum absolute atomic E-state index is 0.0186. The first-order chi connectivity index (χ1) is 6.97. The molecule has 1 aromatic carbocycles. The van der Waals surface area contributed by atoms with Gasteiger partial charge in [0.15, 0.2) is 5.78 Å². The second kappa shape index (κ2) is 4.72. The van der Waals surface area contributed by atoms with Crippen molar-refractivity contribution in [2.45, 2.75) is 6.92 Å². The van der Waals surface area contributed by atoms with Crippen LogP contribution in [0.4, 0.5) is 5.69 Å². The summed E-state index contributed by atoms with van der Waals surface area (Å²) >= 11 is 8.72. The maximum atomic E-state index is 11.4. The zero-order chi connectivity index (χ0) is 11.6. The van der Waals surface area contributed by atoms with Crippen molar-refractivity contribution in [2.24, 2.45) is 0 Å². The molecule has 15 heavy (non-hydrogen) atoms. The Morgan fingerprint density at radius 1 is 1.60 bits per heavy atom. The maximum absolute atomic E-state index is 11.4. The smallest absolute Gasteiger partial charge is 0.288 e. The van der Waals surface area contributed by atoms with Gasteiger partial charge in [0, 0.05) is 11.6 Å². The molecule has 0 N–H and O–H groups in total. The molecule has 0 spiro atoms. The van der Waals surface area contributed by atoms with Gasteiger partial charge < -0.3 is 0 Å². The number of carbonyl (C=O) groups excluding carboxylic acids is 1. The Labute approximate surface area is 99.5 Å². The molecule has 6 heteroatoms. The van der Waals surface area contributed by atoms with E-state index < -0.39 is 4.92 Å². The number of ketones is 1. The summed E-state index contributed by atoms with van der Waals surface area (Å²) in [7, 11) is 0. The fraction of sp³-hybridized carbons (Fsp3) is 0.222. The molecule has 4 nitrogen and oxygen atoms in total. The lowest BCUT2D eigenvalue weighted by atomic mass is 10.1. The molecule has 0 aliphatic heterocycles. The molecule has 0 unspecified atom stereocenters. The average molecular weight is 293 g/mol. The van der Waals surface area contributed by atoms with E-state index in [0.29, 0.717) is 11.1 Å². The van der Waals surface area contributed by atoms with Crippen molar-refractivity contribution < 1.29 is 9.72 Å². The number of benzene rings is 1. The minimum Gasteiger partial charge on any atom is -0.293 e. The number of alkyl halides is 1. The Morgan fingerprint density at radius 2 is 2.20 bits per heavy atom. The molecule has 0 radical (unpaired) electrons. The number of halogens is 2. The number of nitrogens with zero attached hydrogens (tertiary/aromatic N) is 1. The van der Waals surface area contributed by atoms with E-state index in [0.717, 1.165) is 0 Å². The summed E-state index contributed by atoms with van der Waals surface area (Å²) in [6.07, 6.45) is 0. The highest BCUT2D eigenvalue weighted by Crippen LogP contribution is 2.28. The van der Waals surface area contributed by atoms with E-state index in [1.807, 2.05) is 0 Å². The summed E-state index contributed by atoms with van der Waals surface area (Å²) in [5.74, 6) is -0.149. The van der Waals surface area contributed by atoms with Crippen LogP contribution < -0.4 is 0 Å². The first-order valence-corrected chi connectivity index (χ1v) is 5.51. The van der Waals surface area contributed by atoms with Crippen LogP contribution >= 0.6 is 27.5 Å². The number of aryl methyl sites for hydroxylation is 1. The van der Waals surface area contributed by atoms with Gasteiger partial charge in [-0.3, -0.25) is 14.9 Å². The van der Waals surface area contributed by atoms with Gasteiger partial charge in [-0.2, -0.15) is 0 Å². The highest BCUT2D eigenvalue weighted by molar-refractivity contribution is 9.09. The monoisotopic (exact) mass is 291 g/mol. The van der Waals surface area contributed by atoms with Crippen LogP contribution in [0.2, 0.25) is 5.02 Å². The van der Waals surface area contributed by atoms with Gasteiger partial charge in [0.05, 0.1) is 10.3 Å². The lowest BCUT2D eigenvalue weighted by Gasteiger charge is -2.03. The second-order valence-electron chi connectivity index (χ2n) is 2.93. The molecule has 0 bridgehead atoms. The standard InChI is InChI=1S/C9H7BrClNO3/c1-5-2-8(12(14)15)7(11)3-6(5)9(13)4-10/h2-3H,4H2,1H3. The number of rotatable bonds is 3. The third-order valence-electron chi connectivity index (χ3n) is 1.91. The van der Waals surface area contributed by atoms with Crippen molar-refractivity contribution in [3.63, 3.8) is 0 Å². The third-order valence-corrected chi connectivity index (χ3v) is 2.72. The van der Waals surface area contributed by atoms with E-state index in [1.165, 1.54) is 12.1 Å². The fourth-order valence-corrected chi connectivity index (χ4v) is 1.71. The minimum atomic E-state index is -0.572. The molecule has 0 heterocycles. The van der Waals surface area contributed by atoms with Crippen molar-refractivity contribution in [3.05, 3.63) is 38.4 Å². The van der Waals surface area contributed by atoms with Crippen molar-refractivity contribution in [3.8, 4) is 0 Å². The molecule has 80 valence electrons. The number of Topliss-reactive ketones (excluding diaryl/α,β-unsaturated/α-hetero) is 1. The van der Waals surface area contributed by atoms with Crippen LogP contribution in [0.15, 0.2) is 12.1 Å². The van der Waals surface area contributed by atoms with Gasteiger partial charge in [0.2, 0.25) is 0 Å². The second-order valence-corrected chi connectivity index (χ2v) is 3.90. The maximum Gasteiger partial charge on any atom is 0.288 e. The normalized spacial score (nSPS) is 10.1. The zero-order valence-electron chi connectivity index (χ0n) is 7.79. The van der Waals surface area contributed by atoms with Crippen molar-refractivity contribution in [1.82, 2.24) is 0 Å². The van der Waals surface area contributed by atoms with Crippen LogP contribution in [-0.4, -0.2) is 16.0 Å². The van der Waals surface area contributed by atoms with Crippen LogP contribution in [0.1, 0.15) is 15.9 Å². The summed E-state index contributed by atoms with van der Waals surface area (Å²) in [5.41, 5.74) is 0.776. The highest BCUT2D eigenvalue weighted by atomic mass is 79.9. The number of nitro groups is 1. The molecule has 0 saturated heterocycles. The molecule has 0 fully saturated rings. The summed E-state index contributed by atoms with van der Waals surface area (Å²) in [6, 6.07) is 2.64. The molecule has 0 aliphatic rings. The molecule has 0 atom stereocenters. The highest BCUT2D eigenvalue weighted by Gasteiger charge is 2.17. The fourth-order valence-electron chi connectivity index (χ4n) is 1.18. The number of carbonyl (C=O) groups is 1. The predicted octanol–water partition coefficient (Wildman–Crippen LogP) is 3.13. The Bertz CT molecular complexity index is 434. The topological polar surface area (TPSA) is 60.2 Å². The number of nitro benzene ring substituents is 1. The average Bonchev–Trinajstić information content (AvgIpc) is 2.19. The largest absolute Gasteiger partial charge is 0.293 e. The Kier molecular flexibility index (Phi) is 3.82. The van der Waals surface area contributed by atoms with Gasteiger partial charge >= 0.3 is 0 Å². The van der Waals surface area contributed by atoms with Crippen molar-refractivity contribution in [2.75, 3.05) is 5.33 Å². The third kappa shape index (κ3) is 2.54. The molecule has 0 amide bonds. The molecule has 1 rings (SSSR count). The molecule has 0 aromatic heterocycles. The van der Waals surface area contributed by atoms with E-state index in [9.17, 15) is 14.9 Å². The van der Waals surface area contributed by atoms with Gasteiger partial charge in [-0.05, 0) is 18.6 Å². The van der Waals surface area contributed by atoms with Crippen LogP contribution in [0, 0.1) is 17.0 Å². The Hall–Kier alpha value is -0.940. The summed E-state index contributed by atoms with van der Waals surface area (Å²) < 4.78 is 0. The molecular weight excluding hydrogens is 285 g/mol. The zero-order valence-corrected chi connectivity index (χ0v) is 10.1. The van der Waals surface area contributed by atoms with Crippen LogP contribution in [0.5, 0.6) is 0 Å². The number of hydrogen-bond donors (Lipinski definition) is 0.